The van der Waals surface area contributed by atoms with Crippen molar-refractivity contribution in [2.45, 2.75) is 72.1 Å². The summed E-state index contributed by atoms with van der Waals surface area (Å²) in [6, 6.07) is 0. The summed E-state index contributed by atoms with van der Waals surface area (Å²) in [5.74, 6) is 1.52. The van der Waals surface area contributed by atoms with Crippen molar-refractivity contribution in [2.24, 2.45) is 11.8 Å². The Morgan fingerprint density at radius 2 is 1.56 bits per heavy atom. The van der Waals surface area contributed by atoms with Gasteiger partial charge in [-0.2, -0.15) is 0 Å². The van der Waals surface area contributed by atoms with E-state index in [2.05, 4.69) is 49.4 Å². The van der Waals surface area contributed by atoms with Gasteiger partial charge in [0.15, 0.2) is 21.8 Å². The van der Waals surface area contributed by atoms with E-state index < -0.39 is 0 Å². The maximum absolute atomic E-state index is 12.8. The number of hydrogen-bond donors (Lipinski definition) is 2. The zero-order chi connectivity index (χ0) is 27.5. The molecule has 2 aromatic heterocycles. The average Bonchev–Trinajstić information content (AvgIpc) is 3.53. The summed E-state index contributed by atoms with van der Waals surface area (Å²) >= 11 is 3.18. The lowest BCUT2D eigenvalue weighted by molar-refractivity contribution is -0.119. The van der Waals surface area contributed by atoms with Crippen molar-refractivity contribution in [1.82, 2.24) is 14.9 Å². The predicted octanol–water partition coefficient (Wildman–Crippen LogP) is 6.74. The number of benzene rings is 1. The summed E-state index contributed by atoms with van der Waals surface area (Å²) in [6.45, 7) is 9.29. The number of Topliss-reactive ketones (excluding diaryl/α,β-unsaturated/α-hetero) is 2. The summed E-state index contributed by atoms with van der Waals surface area (Å²) in [6.07, 6.45) is 10.3. The van der Waals surface area contributed by atoms with E-state index in [-0.39, 0.29) is 11.6 Å². The number of rotatable bonds is 10. The summed E-state index contributed by atoms with van der Waals surface area (Å²) in [4.78, 5) is 37.5. The Labute approximate surface area is 239 Å². The zero-order valence-electron chi connectivity index (χ0n) is 23.7. The van der Waals surface area contributed by atoms with Gasteiger partial charge in [0, 0.05) is 12.8 Å². The molecular weight excluding hydrogens is 526 g/mol. The molecule has 2 unspecified atom stereocenters. The molecule has 1 saturated heterocycles. The number of nitrogens with zero attached hydrogens (tertiary/aromatic N) is 3. The highest BCUT2D eigenvalue weighted by Gasteiger charge is 2.24. The number of fused-ring (bicyclic) bond motifs is 2. The van der Waals surface area contributed by atoms with Crippen LogP contribution in [0.25, 0.3) is 20.4 Å². The van der Waals surface area contributed by atoms with Gasteiger partial charge in [-0.25, -0.2) is 9.97 Å². The first-order valence-electron chi connectivity index (χ1n) is 14.4. The van der Waals surface area contributed by atoms with Gasteiger partial charge in [-0.3, -0.25) is 9.59 Å². The normalized spacial score (nSPS) is 20.7. The lowest BCUT2D eigenvalue weighted by Crippen LogP contribution is -2.21. The number of likely N-dealkylation sites (tertiary alicyclic amines) is 1. The first kappa shape index (κ1) is 28.2. The average molecular weight is 568 g/mol. The molecule has 2 aliphatic rings. The third-order valence-corrected chi connectivity index (χ3v) is 10.7. The highest BCUT2D eigenvalue weighted by atomic mass is 32.1. The number of aromatic nitrogens is 2. The van der Waals surface area contributed by atoms with E-state index in [1.807, 2.05) is 0 Å². The van der Waals surface area contributed by atoms with Crippen LogP contribution in [0.2, 0.25) is 0 Å². The number of allylic oxidation sites excluding steroid dienone is 2. The van der Waals surface area contributed by atoms with Crippen LogP contribution in [-0.4, -0.2) is 59.7 Å². The van der Waals surface area contributed by atoms with E-state index in [0.717, 1.165) is 80.6 Å². The van der Waals surface area contributed by atoms with Crippen LogP contribution >= 0.6 is 22.7 Å². The number of ketones is 2. The fourth-order valence-electron chi connectivity index (χ4n) is 5.86. The minimum atomic E-state index is 0.213. The van der Waals surface area contributed by atoms with Crippen molar-refractivity contribution in [1.29, 1.82) is 0 Å². The second-order valence-electron chi connectivity index (χ2n) is 11.5. The Morgan fingerprint density at radius 3 is 2.18 bits per heavy atom. The summed E-state index contributed by atoms with van der Waals surface area (Å²) < 4.78 is 2.21. The number of aryl methyl sites for hydroxylation is 2. The fourth-order valence-corrected chi connectivity index (χ4v) is 7.90. The fraction of sp³-hybridized carbons (Fsp3) is 0.600. The molecule has 1 aliphatic carbocycles. The monoisotopic (exact) mass is 567 g/mol. The van der Waals surface area contributed by atoms with Crippen LogP contribution in [0.15, 0.2) is 11.6 Å². The number of thiazole rings is 2. The first-order chi connectivity index (χ1) is 18.8. The molecule has 39 heavy (non-hydrogen) atoms. The van der Waals surface area contributed by atoms with Crippen LogP contribution in [-0.2, 0) is 9.59 Å². The van der Waals surface area contributed by atoms with E-state index in [9.17, 15) is 9.59 Å². The smallest absolute Gasteiger partial charge is 0.184 e. The van der Waals surface area contributed by atoms with Crippen LogP contribution in [0, 0.1) is 25.7 Å². The lowest BCUT2D eigenvalue weighted by Gasteiger charge is -2.20. The molecule has 0 spiro atoms. The van der Waals surface area contributed by atoms with Crippen LogP contribution < -0.4 is 10.6 Å². The molecule has 0 amide bonds. The van der Waals surface area contributed by atoms with Gasteiger partial charge >= 0.3 is 0 Å². The van der Waals surface area contributed by atoms with Crippen molar-refractivity contribution in [3.8, 4) is 0 Å². The molecule has 2 N–H and O–H groups in total. The van der Waals surface area contributed by atoms with Crippen LogP contribution in [0.4, 0.5) is 10.3 Å². The maximum atomic E-state index is 12.8. The van der Waals surface area contributed by atoms with Gasteiger partial charge in [0.25, 0.3) is 0 Å². The molecule has 0 saturated carbocycles. The SMILES string of the molecule is Cc1c2nc(NCC(=O)CC3CCN(C)CCC3C)sc2c(C)c2nc(NCC(=O)CC3=CCCCC3)sc12. The van der Waals surface area contributed by atoms with E-state index >= 15 is 0 Å². The summed E-state index contributed by atoms with van der Waals surface area (Å²) in [5.41, 5.74) is 5.42. The topological polar surface area (TPSA) is 87.2 Å². The van der Waals surface area contributed by atoms with Crippen LogP contribution in [0.1, 0.15) is 69.4 Å². The van der Waals surface area contributed by atoms with Crippen molar-refractivity contribution >= 4 is 64.9 Å². The Kier molecular flexibility index (Phi) is 8.99. The van der Waals surface area contributed by atoms with Gasteiger partial charge in [0.2, 0.25) is 0 Å². The molecule has 5 rings (SSSR count). The minimum absolute atomic E-state index is 0.213. The van der Waals surface area contributed by atoms with Crippen molar-refractivity contribution < 1.29 is 9.59 Å². The molecule has 3 aromatic rings. The van der Waals surface area contributed by atoms with Gasteiger partial charge in [-0.15, -0.1) is 0 Å². The van der Waals surface area contributed by atoms with Crippen molar-refractivity contribution in [3.63, 3.8) is 0 Å². The quantitative estimate of drug-likeness (QED) is 0.262. The zero-order valence-corrected chi connectivity index (χ0v) is 25.3. The Balaban J connectivity index is 1.22. The highest BCUT2D eigenvalue weighted by Crippen LogP contribution is 2.40. The molecule has 1 fully saturated rings. The molecule has 0 radical (unpaired) electrons. The molecule has 210 valence electrons. The largest absolute Gasteiger partial charge is 0.354 e. The molecule has 2 atom stereocenters. The second kappa shape index (κ2) is 12.4. The molecule has 0 bridgehead atoms. The predicted molar refractivity (Wildman–Crippen MR) is 164 cm³/mol. The van der Waals surface area contributed by atoms with Crippen LogP contribution in [0.3, 0.4) is 0 Å². The van der Waals surface area contributed by atoms with Gasteiger partial charge in [-0.1, -0.05) is 41.2 Å². The lowest BCUT2D eigenvalue weighted by atomic mass is 9.85. The van der Waals surface area contributed by atoms with Gasteiger partial charge in [-0.05, 0) is 95.5 Å². The summed E-state index contributed by atoms with van der Waals surface area (Å²) in [5, 5.41) is 8.16. The molecule has 7 nitrogen and oxygen atoms in total. The first-order valence-corrected chi connectivity index (χ1v) is 16.0. The Morgan fingerprint density at radius 1 is 0.949 bits per heavy atom. The van der Waals surface area contributed by atoms with E-state index in [4.69, 9.17) is 9.97 Å². The number of nitrogens with one attached hydrogen (secondary N) is 2. The van der Waals surface area contributed by atoms with Crippen molar-refractivity contribution in [2.75, 3.05) is 43.9 Å². The molecular formula is C30H41N5O2S2. The third-order valence-electron chi connectivity index (χ3n) is 8.47. The number of anilines is 2. The Hall–Kier alpha value is -2.36. The highest BCUT2D eigenvalue weighted by molar-refractivity contribution is 7.24. The number of hydrogen-bond acceptors (Lipinski definition) is 9. The number of carbonyl (C=O) groups is 2. The molecule has 3 heterocycles. The molecule has 9 heteroatoms. The van der Waals surface area contributed by atoms with E-state index in [0.29, 0.717) is 37.8 Å². The maximum Gasteiger partial charge on any atom is 0.184 e. The third kappa shape index (κ3) is 6.69. The van der Waals surface area contributed by atoms with E-state index in [1.165, 1.54) is 18.4 Å². The molecule has 1 aromatic carbocycles. The van der Waals surface area contributed by atoms with Crippen LogP contribution in [0.5, 0.6) is 0 Å². The van der Waals surface area contributed by atoms with Gasteiger partial charge in [0.1, 0.15) is 0 Å². The minimum Gasteiger partial charge on any atom is -0.354 e. The van der Waals surface area contributed by atoms with Gasteiger partial charge < -0.3 is 15.5 Å². The van der Waals surface area contributed by atoms with Crippen molar-refractivity contribution in [3.05, 3.63) is 22.8 Å². The van der Waals surface area contributed by atoms with Gasteiger partial charge in [0.05, 0.1) is 33.5 Å². The summed E-state index contributed by atoms with van der Waals surface area (Å²) in [7, 11) is 2.17. The Bertz CT molecular complexity index is 1330. The standard InChI is InChI=1S/C30H41N5O2S2/c1-18-10-12-35(4)13-11-22(18)15-24(37)17-32-30-34-26-20(3)27-25(19(2)28(26)39-30)33-29(38-27)31-16-23(36)14-21-8-6-5-7-9-21/h8,18,22H,5-7,9-17H2,1-4H3,(H,31,33)(H,32,34). The van der Waals surface area contributed by atoms with E-state index in [1.54, 1.807) is 22.7 Å². The molecule has 1 aliphatic heterocycles. The second-order valence-corrected chi connectivity index (χ2v) is 13.5. The number of carbonyl (C=O) groups excluding carboxylic acids is 2.